The van der Waals surface area contributed by atoms with Crippen molar-refractivity contribution in [3.05, 3.63) is 12.1 Å². The molecule has 3 saturated carbocycles. The second kappa shape index (κ2) is 6.85. The van der Waals surface area contributed by atoms with Crippen LogP contribution in [0.25, 0.3) is 0 Å². The van der Waals surface area contributed by atoms with Gasteiger partial charge in [0.1, 0.15) is 10.6 Å². The van der Waals surface area contributed by atoms with Crippen LogP contribution in [-0.2, 0) is 10.0 Å². The van der Waals surface area contributed by atoms with Crippen molar-refractivity contribution in [2.75, 3.05) is 24.2 Å². The number of anilines is 1. The molecule has 1 aliphatic heterocycles. The van der Waals surface area contributed by atoms with Crippen LogP contribution in [0.3, 0.4) is 0 Å². The molecule has 5 rings (SSSR count). The number of rotatable bonds is 6. The van der Waals surface area contributed by atoms with Gasteiger partial charge in [0.05, 0.1) is 10.6 Å². The topological polar surface area (TPSA) is 60.9 Å². The van der Waals surface area contributed by atoms with Crippen LogP contribution in [0.1, 0.15) is 52.4 Å². The standard InChI is InChI=1S/C20H30N2O3S2/c1-4-6-7-15-13-22(20-10-14(11-20)12-20)16-8-18(26-5-2)17(23)9-19(16)27(24,25)21(15)3/h8-9,14-15,23H,4-7,10-13H2,1-3H3/t14?,15-,20?/m1/s1. The van der Waals surface area contributed by atoms with Crippen molar-refractivity contribution in [1.29, 1.82) is 0 Å². The number of thioether (sulfide) groups is 1. The van der Waals surface area contributed by atoms with Crippen LogP contribution < -0.4 is 4.90 Å². The quantitative estimate of drug-likeness (QED) is 0.717. The minimum absolute atomic E-state index is 0.0270. The molecule has 0 radical (unpaired) electrons. The smallest absolute Gasteiger partial charge is 0.245 e. The molecule has 3 aliphatic carbocycles. The van der Waals surface area contributed by atoms with Crippen molar-refractivity contribution in [1.82, 2.24) is 4.31 Å². The first-order valence-corrected chi connectivity index (χ1v) is 12.5. The summed E-state index contributed by atoms with van der Waals surface area (Å²) in [5.74, 6) is 1.73. The highest BCUT2D eigenvalue weighted by molar-refractivity contribution is 7.99. The number of fused-ring (bicyclic) bond motifs is 1. The van der Waals surface area contributed by atoms with Crippen molar-refractivity contribution in [2.24, 2.45) is 5.92 Å². The van der Waals surface area contributed by atoms with Gasteiger partial charge in [0.15, 0.2) is 0 Å². The van der Waals surface area contributed by atoms with Gasteiger partial charge in [-0.1, -0.05) is 26.7 Å². The number of nitrogens with zero attached hydrogens (tertiary/aromatic N) is 2. The Hall–Kier alpha value is -0.920. The minimum atomic E-state index is -3.63. The zero-order valence-electron chi connectivity index (χ0n) is 16.4. The van der Waals surface area contributed by atoms with Gasteiger partial charge < -0.3 is 10.0 Å². The largest absolute Gasteiger partial charge is 0.507 e. The first-order valence-electron chi connectivity index (χ1n) is 10.1. The van der Waals surface area contributed by atoms with E-state index >= 15 is 0 Å². The van der Waals surface area contributed by atoms with Gasteiger partial charge in [-0.25, -0.2) is 8.42 Å². The normalized spacial score (nSPS) is 31.6. The summed E-state index contributed by atoms with van der Waals surface area (Å²) in [5.41, 5.74) is 0.933. The highest BCUT2D eigenvalue weighted by Crippen LogP contribution is 2.62. The lowest BCUT2D eigenvalue weighted by Crippen LogP contribution is -2.69. The van der Waals surface area contributed by atoms with Gasteiger partial charge in [-0.2, -0.15) is 4.31 Å². The van der Waals surface area contributed by atoms with Crippen LogP contribution in [0.15, 0.2) is 21.9 Å². The molecule has 0 saturated heterocycles. The number of hydrogen-bond donors (Lipinski definition) is 1. The molecule has 7 heteroatoms. The first-order chi connectivity index (χ1) is 12.8. The molecule has 0 spiro atoms. The van der Waals surface area contributed by atoms with E-state index in [1.165, 1.54) is 25.3 Å². The monoisotopic (exact) mass is 410 g/mol. The Bertz CT molecular complexity index is 823. The van der Waals surface area contributed by atoms with Crippen molar-refractivity contribution < 1.29 is 13.5 Å². The van der Waals surface area contributed by atoms with Crippen molar-refractivity contribution >= 4 is 27.5 Å². The van der Waals surface area contributed by atoms with Gasteiger partial charge in [-0.3, -0.25) is 0 Å². The second-order valence-corrected chi connectivity index (χ2v) is 11.6. The molecule has 4 aliphatic rings. The maximum atomic E-state index is 13.4. The summed E-state index contributed by atoms with van der Waals surface area (Å²) in [6.07, 6.45) is 6.48. The summed E-state index contributed by atoms with van der Waals surface area (Å²) in [4.78, 5) is 3.44. The van der Waals surface area contributed by atoms with E-state index in [-0.39, 0.29) is 22.2 Å². The van der Waals surface area contributed by atoms with Crippen molar-refractivity contribution in [3.8, 4) is 5.75 Å². The van der Waals surface area contributed by atoms with Gasteiger partial charge >= 0.3 is 0 Å². The molecule has 0 amide bonds. The van der Waals surface area contributed by atoms with Crippen molar-refractivity contribution in [2.45, 2.75) is 73.7 Å². The summed E-state index contributed by atoms with van der Waals surface area (Å²) >= 11 is 1.56. The van der Waals surface area contributed by atoms with E-state index in [1.54, 1.807) is 23.1 Å². The van der Waals surface area contributed by atoms with E-state index in [9.17, 15) is 13.5 Å². The Morgan fingerprint density at radius 1 is 1.26 bits per heavy atom. The maximum Gasteiger partial charge on any atom is 0.245 e. The molecule has 5 nitrogen and oxygen atoms in total. The average molecular weight is 411 g/mol. The number of phenols is 1. The van der Waals surface area contributed by atoms with Crippen LogP contribution in [0.4, 0.5) is 5.69 Å². The fourth-order valence-electron chi connectivity index (χ4n) is 4.93. The highest BCUT2D eigenvalue weighted by atomic mass is 32.2. The van der Waals surface area contributed by atoms with Crippen LogP contribution in [-0.4, -0.2) is 48.8 Å². The van der Waals surface area contributed by atoms with Crippen LogP contribution in [0.2, 0.25) is 0 Å². The lowest BCUT2D eigenvalue weighted by Gasteiger charge is -2.67. The van der Waals surface area contributed by atoms with Gasteiger partial charge in [0.2, 0.25) is 10.0 Å². The Kier molecular flexibility index (Phi) is 4.92. The molecule has 1 heterocycles. The number of unbranched alkanes of at least 4 members (excludes halogenated alkanes) is 1. The first kappa shape index (κ1) is 19.4. The molecule has 150 valence electrons. The number of phenolic OH excluding ortho intramolecular Hbond substituents is 1. The van der Waals surface area contributed by atoms with E-state index in [0.29, 0.717) is 0 Å². The lowest BCUT2D eigenvalue weighted by molar-refractivity contribution is -0.0270. The predicted molar refractivity (Wildman–Crippen MR) is 110 cm³/mol. The van der Waals surface area contributed by atoms with E-state index in [1.807, 2.05) is 13.0 Å². The van der Waals surface area contributed by atoms with Crippen LogP contribution >= 0.6 is 11.8 Å². The molecular formula is C20H30N2O3S2. The summed E-state index contributed by atoms with van der Waals surface area (Å²) in [7, 11) is -1.92. The van der Waals surface area contributed by atoms with Crippen molar-refractivity contribution in [3.63, 3.8) is 0 Å². The SMILES string of the molecule is CCCC[C@@H]1CN(C23CC(C2)C3)c2cc(SCC)c(O)cc2S(=O)(=O)N1C. The fourth-order valence-corrected chi connectivity index (χ4v) is 7.21. The molecule has 27 heavy (non-hydrogen) atoms. The number of likely N-dealkylation sites (N-methyl/N-ethyl adjacent to an activating group) is 1. The molecule has 3 fully saturated rings. The second-order valence-electron chi connectivity index (χ2n) is 8.35. The predicted octanol–water partition coefficient (Wildman–Crippen LogP) is 4.06. The van der Waals surface area contributed by atoms with E-state index in [2.05, 4.69) is 11.8 Å². The van der Waals surface area contributed by atoms with Gasteiger partial charge in [-0.05, 0) is 43.4 Å². The molecule has 0 aromatic heterocycles. The maximum absolute atomic E-state index is 13.4. The molecule has 2 bridgehead atoms. The number of sulfonamides is 1. The lowest BCUT2D eigenvalue weighted by atomic mass is 9.49. The zero-order chi connectivity index (χ0) is 19.4. The highest BCUT2D eigenvalue weighted by Gasteiger charge is 2.61. The van der Waals surface area contributed by atoms with Crippen LogP contribution in [0, 0.1) is 5.92 Å². The van der Waals surface area contributed by atoms with Gasteiger partial charge in [-0.15, -0.1) is 11.8 Å². The van der Waals surface area contributed by atoms with Gasteiger partial charge in [0.25, 0.3) is 0 Å². The number of benzene rings is 1. The molecule has 1 aromatic carbocycles. The summed E-state index contributed by atoms with van der Waals surface area (Å²) in [6, 6.07) is 3.38. The summed E-state index contributed by atoms with van der Waals surface area (Å²) in [5, 5.41) is 10.5. The molecule has 1 atom stereocenters. The van der Waals surface area contributed by atoms with Crippen LogP contribution in [0.5, 0.6) is 5.75 Å². The molecular weight excluding hydrogens is 380 g/mol. The minimum Gasteiger partial charge on any atom is -0.507 e. The third-order valence-electron chi connectivity index (χ3n) is 6.67. The summed E-state index contributed by atoms with van der Waals surface area (Å²) in [6.45, 7) is 4.93. The fraction of sp³-hybridized carbons (Fsp3) is 0.700. The van der Waals surface area contributed by atoms with E-state index < -0.39 is 10.0 Å². The van der Waals surface area contributed by atoms with E-state index in [4.69, 9.17) is 0 Å². The third-order valence-corrected chi connectivity index (χ3v) is 9.53. The average Bonchev–Trinajstić information content (AvgIpc) is 2.61. The summed E-state index contributed by atoms with van der Waals surface area (Å²) < 4.78 is 28.3. The van der Waals surface area contributed by atoms with Gasteiger partial charge in [0, 0.05) is 31.2 Å². The zero-order valence-corrected chi connectivity index (χ0v) is 18.1. The Balaban J connectivity index is 1.84. The molecule has 1 aromatic rings. The van der Waals surface area contributed by atoms with E-state index in [0.717, 1.165) is 48.1 Å². The number of hydrogen-bond acceptors (Lipinski definition) is 5. The Morgan fingerprint density at radius 3 is 2.52 bits per heavy atom. The number of aromatic hydroxyl groups is 1. The molecule has 0 unspecified atom stereocenters. The third kappa shape index (κ3) is 2.97. The Morgan fingerprint density at radius 2 is 1.96 bits per heavy atom. The molecule has 1 N–H and O–H groups in total. The Labute approximate surface area is 167 Å².